The van der Waals surface area contributed by atoms with Crippen LogP contribution in [0.2, 0.25) is 0 Å². The molecule has 3 nitrogen and oxygen atoms in total. The minimum atomic E-state index is 0.982. The van der Waals surface area contributed by atoms with Gasteiger partial charge >= 0.3 is 0 Å². The highest BCUT2D eigenvalue weighted by Crippen LogP contribution is 2.45. The Kier molecular flexibility index (Phi) is 13.5. The third kappa shape index (κ3) is 8.50. The first-order valence-electron chi connectivity index (χ1n) is 20.4. The zero-order valence-corrected chi connectivity index (χ0v) is 37.9. The Morgan fingerprint density at radius 1 is 0.482 bits per heavy atom. The molecule has 7 rings (SSSR count). The molecule has 56 heavy (non-hydrogen) atoms. The molecule has 0 atom stereocenters. The summed E-state index contributed by atoms with van der Waals surface area (Å²) >= 11 is 7.37. The predicted octanol–water partition coefficient (Wildman–Crippen LogP) is 17.0. The van der Waals surface area contributed by atoms with Crippen LogP contribution in [-0.2, 0) is 13.0 Å². The maximum atomic E-state index is 3.69. The summed E-state index contributed by atoms with van der Waals surface area (Å²) in [6.07, 6.45) is 5.79. The summed E-state index contributed by atoms with van der Waals surface area (Å²) in [5, 5.41) is 2.54. The number of hydrogen-bond acceptors (Lipinski definition) is 2. The van der Waals surface area contributed by atoms with E-state index in [0.717, 1.165) is 57.5 Å². The molecule has 0 spiro atoms. The highest BCUT2D eigenvalue weighted by molar-refractivity contribution is 9.10. The fraction of sp³-hybridized carbons (Fsp3) is 0.294. The molecule has 0 N–H and O–H groups in total. The van der Waals surface area contributed by atoms with Crippen molar-refractivity contribution in [3.63, 3.8) is 0 Å². The lowest BCUT2D eigenvalue weighted by atomic mass is 9.98. The molecule has 0 unspecified atom stereocenters. The molecule has 1 heterocycles. The maximum Gasteiger partial charge on any atom is 0.0520 e. The van der Waals surface area contributed by atoms with Gasteiger partial charge in [-0.3, -0.25) is 0 Å². The molecule has 7 aromatic rings. The quantitative estimate of drug-likeness (QED) is 0.121. The van der Waals surface area contributed by atoms with Crippen LogP contribution in [0.3, 0.4) is 0 Å². The van der Waals surface area contributed by atoms with Gasteiger partial charge in [-0.2, -0.15) is 0 Å². The molecule has 5 heteroatoms. The zero-order chi connectivity index (χ0) is 40.1. The fourth-order valence-corrected chi connectivity index (χ4v) is 8.89. The topological polar surface area (TPSA) is 11.4 Å². The van der Waals surface area contributed by atoms with Gasteiger partial charge in [0.05, 0.1) is 11.4 Å². The normalized spacial score (nSPS) is 11.2. The number of anilines is 6. The van der Waals surface area contributed by atoms with E-state index < -0.39 is 0 Å². The predicted molar refractivity (Wildman–Crippen MR) is 253 cm³/mol. The third-order valence-electron chi connectivity index (χ3n) is 10.7. The van der Waals surface area contributed by atoms with Crippen LogP contribution >= 0.6 is 31.9 Å². The summed E-state index contributed by atoms with van der Waals surface area (Å²) in [5.41, 5.74) is 17.4. The average Bonchev–Trinajstić information content (AvgIpc) is 3.49. The number of halogens is 2. The lowest BCUT2D eigenvalue weighted by Gasteiger charge is -2.29. The molecule has 1 aromatic heterocycles. The molecule has 0 bridgehead atoms. The number of rotatable bonds is 12. The average molecular weight is 872 g/mol. The van der Waals surface area contributed by atoms with E-state index in [4.69, 9.17) is 0 Å². The highest BCUT2D eigenvalue weighted by Gasteiger charge is 2.22. The van der Waals surface area contributed by atoms with Gasteiger partial charge in [0.1, 0.15) is 0 Å². The van der Waals surface area contributed by atoms with Crippen molar-refractivity contribution < 1.29 is 0 Å². The summed E-state index contributed by atoms with van der Waals surface area (Å²) in [4.78, 5) is 4.91. The second-order valence-corrected chi connectivity index (χ2v) is 16.8. The van der Waals surface area contributed by atoms with E-state index in [-0.39, 0.29) is 0 Å². The monoisotopic (exact) mass is 869 g/mol. The number of unbranched alkanes of at least 4 members (excludes halogenated alkanes) is 2. The second kappa shape index (κ2) is 18.3. The van der Waals surface area contributed by atoms with Crippen LogP contribution in [0.5, 0.6) is 0 Å². The molecule has 0 radical (unpaired) electrons. The summed E-state index contributed by atoms with van der Waals surface area (Å²) < 4.78 is 4.68. The lowest BCUT2D eigenvalue weighted by Crippen LogP contribution is -2.13. The van der Waals surface area contributed by atoms with Crippen molar-refractivity contribution in [3.8, 4) is 0 Å². The van der Waals surface area contributed by atoms with Crippen LogP contribution in [0.4, 0.5) is 34.1 Å². The fourth-order valence-electron chi connectivity index (χ4n) is 8.36. The van der Waals surface area contributed by atoms with Gasteiger partial charge in [0, 0.05) is 60.0 Å². The molecule has 0 amide bonds. The van der Waals surface area contributed by atoms with Crippen molar-refractivity contribution in [2.75, 3.05) is 9.80 Å². The van der Waals surface area contributed by atoms with Crippen LogP contribution in [0.15, 0.2) is 118 Å². The molecular formula is C51H57Br2N3. The van der Waals surface area contributed by atoms with Crippen LogP contribution in [0.25, 0.3) is 21.8 Å². The summed E-state index contributed by atoms with van der Waals surface area (Å²) in [5.74, 6) is 0. The molecule has 0 fully saturated rings. The van der Waals surface area contributed by atoms with E-state index in [9.17, 15) is 0 Å². The standard InChI is InChI=1S/C49H51Br2N3.C2H6/c1-8-10-12-37-28-35(6)49(36(7)29-37)54(41-19-15-39(51)16-20-41)43-22-24-47-45(31-43)44-30-42(21-23-46(44)52(47)25-11-9-2)53(40-17-13-38(50)14-18-40)48-33(4)26-32(3)27-34(48)5;1-2/h13-24,26-31H,8-12,25H2,1-7H3;1-2H3. The third-order valence-corrected chi connectivity index (χ3v) is 11.8. The second-order valence-electron chi connectivity index (χ2n) is 15.0. The van der Waals surface area contributed by atoms with Gasteiger partial charge in [0.25, 0.3) is 0 Å². The minimum Gasteiger partial charge on any atom is -0.340 e. The number of aromatic nitrogens is 1. The van der Waals surface area contributed by atoms with Crippen LogP contribution in [0, 0.1) is 34.6 Å². The van der Waals surface area contributed by atoms with Crippen molar-refractivity contribution in [2.24, 2.45) is 0 Å². The number of benzene rings is 6. The number of hydrogen-bond donors (Lipinski definition) is 0. The molecular weight excluding hydrogens is 814 g/mol. The van der Waals surface area contributed by atoms with Gasteiger partial charge in [-0.15, -0.1) is 0 Å². The van der Waals surface area contributed by atoms with E-state index in [0.29, 0.717) is 0 Å². The SMILES string of the molecule is CC.CCCCc1cc(C)c(N(c2ccc(Br)cc2)c2ccc3c(c2)c2cc(N(c4ccc(Br)cc4)c4c(C)cc(C)cc4C)ccc2n3CCCC)c(C)c1. The molecule has 0 saturated carbocycles. The van der Waals surface area contributed by atoms with Crippen LogP contribution < -0.4 is 9.80 Å². The molecule has 6 aromatic carbocycles. The first-order valence-corrected chi connectivity index (χ1v) is 22.0. The smallest absolute Gasteiger partial charge is 0.0520 e. The molecule has 0 aliphatic carbocycles. The first kappa shape index (κ1) is 41.3. The highest BCUT2D eigenvalue weighted by atomic mass is 79.9. The Hall–Kier alpha value is -4.32. The van der Waals surface area contributed by atoms with E-state index in [1.54, 1.807) is 0 Å². The maximum absolute atomic E-state index is 3.69. The van der Waals surface area contributed by atoms with Gasteiger partial charge in [0.2, 0.25) is 0 Å². The van der Waals surface area contributed by atoms with E-state index in [1.807, 2.05) is 13.8 Å². The summed E-state index contributed by atoms with van der Waals surface area (Å²) in [7, 11) is 0. The Labute approximate surface area is 352 Å². The molecule has 290 valence electrons. The summed E-state index contributed by atoms with van der Waals surface area (Å²) in [6.45, 7) is 20.7. The van der Waals surface area contributed by atoms with E-state index >= 15 is 0 Å². The van der Waals surface area contributed by atoms with Crippen molar-refractivity contribution in [1.82, 2.24) is 4.57 Å². The minimum absolute atomic E-state index is 0.982. The van der Waals surface area contributed by atoms with E-state index in [1.165, 1.54) is 79.4 Å². The molecule has 0 aliphatic rings. The number of fused-ring (bicyclic) bond motifs is 3. The van der Waals surface area contributed by atoms with Gasteiger partial charge < -0.3 is 14.4 Å². The lowest BCUT2D eigenvalue weighted by molar-refractivity contribution is 0.665. The Balaban J connectivity index is 0.00000262. The molecule has 0 saturated heterocycles. The van der Waals surface area contributed by atoms with Crippen molar-refractivity contribution in [1.29, 1.82) is 0 Å². The Morgan fingerprint density at radius 3 is 1.29 bits per heavy atom. The van der Waals surface area contributed by atoms with Crippen LogP contribution in [-0.4, -0.2) is 4.57 Å². The van der Waals surface area contributed by atoms with Crippen molar-refractivity contribution in [2.45, 2.75) is 101 Å². The first-order chi connectivity index (χ1) is 27.1. The largest absolute Gasteiger partial charge is 0.340 e. The number of nitrogens with zero attached hydrogens (tertiary/aromatic N) is 3. The van der Waals surface area contributed by atoms with Crippen LogP contribution in [0.1, 0.15) is 86.8 Å². The Morgan fingerprint density at radius 2 is 0.875 bits per heavy atom. The summed E-state index contributed by atoms with van der Waals surface area (Å²) in [6, 6.07) is 41.0. The Bertz CT molecular complexity index is 2390. The van der Waals surface area contributed by atoms with Gasteiger partial charge in [-0.1, -0.05) is 102 Å². The van der Waals surface area contributed by atoms with Gasteiger partial charge in [-0.25, -0.2) is 0 Å². The number of aryl methyl sites for hydroxylation is 7. The zero-order valence-electron chi connectivity index (χ0n) is 34.7. The van der Waals surface area contributed by atoms with Crippen molar-refractivity contribution >= 4 is 87.8 Å². The van der Waals surface area contributed by atoms with Crippen molar-refractivity contribution in [3.05, 3.63) is 152 Å². The van der Waals surface area contributed by atoms with E-state index in [2.05, 4.69) is 204 Å². The molecule has 0 aliphatic heterocycles. The van der Waals surface area contributed by atoms with Gasteiger partial charge in [-0.05, 0) is 167 Å². The van der Waals surface area contributed by atoms with Gasteiger partial charge in [0.15, 0.2) is 0 Å².